The van der Waals surface area contributed by atoms with E-state index in [4.69, 9.17) is 4.74 Å². The van der Waals surface area contributed by atoms with Crippen molar-refractivity contribution in [2.24, 2.45) is 0 Å². The fourth-order valence-electron chi connectivity index (χ4n) is 1.44. The minimum absolute atomic E-state index is 0.622. The first kappa shape index (κ1) is 13.0. The Bertz CT molecular complexity index is 479. The molecule has 0 fully saturated rings. The van der Waals surface area contributed by atoms with Gasteiger partial charge in [-0.3, -0.25) is 0 Å². The zero-order valence-corrected chi connectivity index (χ0v) is 11.4. The first-order valence-corrected chi connectivity index (χ1v) is 6.49. The van der Waals surface area contributed by atoms with Crippen LogP contribution in [0.25, 0.3) is 0 Å². The number of nitrogens with zero attached hydrogens (tertiary/aromatic N) is 2. The Balaban J connectivity index is 1.65. The Hall–Kier alpha value is -1.46. The van der Waals surface area contributed by atoms with Crippen LogP contribution in [0.5, 0.6) is 5.75 Å². The molecule has 0 bridgehead atoms. The van der Waals surface area contributed by atoms with Crippen molar-refractivity contribution in [3.63, 3.8) is 0 Å². The quantitative estimate of drug-likeness (QED) is 0.833. The lowest BCUT2D eigenvalue weighted by molar-refractivity contribution is 0.313. The van der Waals surface area contributed by atoms with Gasteiger partial charge in [-0.15, -0.1) is 0 Å². The second-order valence-electron chi connectivity index (χ2n) is 3.70. The van der Waals surface area contributed by atoms with Crippen molar-refractivity contribution in [3.05, 3.63) is 52.8 Å². The van der Waals surface area contributed by atoms with Crippen molar-refractivity contribution in [1.29, 1.82) is 0 Å². The number of aromatic nitrogens is 2. The third-order valence-electron chi connectivity index (χ3n) is 2.28. The van der Waals surface area contributed by atoms with Crippen molar-refractivity contribution in [2.45, 2.75) is 6.54 Å². The van der Waals surface area contributed by atoms with Crippen LogP contribution in [0.15, 0.2) is 47.1 Å². The zero-order valence-electron chi connectivity index (χ0n) is 9.84. The van der Waals surface area contributed by atoms with E-state index in [1.54, 1.807) is 6.20 Å². The molecule has 0 radical (unpaired) electrons. The fourth-order valence-corrected chi connectivity index (χ4v) is 1.82. The van der Waals surface area contributed by atoms with E-state index in [0.29, 0.717) is 13.2 Å². The molecule has 2 aromatic rings. The lowest BCUT2D eigenvalue weighted by atomic mass is 10.3. The third kappa shape index (κ3) is 4.43. The molecule has 0 atom stereocenters. The van der Waals surface area contributed by atoms with Crippen molar-refractivity contribution in [1.82, 2.24) is 15.5 Å². The molecule has 1 aromatic carbocycles. The van der Waals surface area contributed by atoms with Gasteiger partial charge in [-0.25, -0.2) is 0 Å². The lowest BCUT2D eigenvalue weighted by Crippen LogP contribution is -2.21. The van der Waals surface area contributed by atoms with Crippen LogP contribution in [0.3, 0.4) is 0 Å². The summed E-state index contributed by atoms with van der Waals surface area (Å²) in [6.07, 6.45) is 1.67. The topological polar surface area (TPSA) is 47.0 Å². The maximum Gasteiger partial charge on any atom is 0.120 e. The van der Waals surface area contributed by atoms with Crippen LogP contribution in [0.4, 0.5) is 0 Å². The predicted octanol–water partition coefficient (Wildman–Crippen LogP) is 2.41. The van der Waals surface area contributed by atoms with Crippen LogP contribution in [0.2, 0.25) is 0 Å². The number of halogens is 1. The Labute approximate surface area is 115 Å². The highest BCUT2D eigenvalue weighted by Gasteiger charge is 1.95. The summed E-state index contributed by atoms with van der Waals surface area (Å²) < 4.78 is 6.62. The van der Waals surface area contributed by atoms with Gasteiger partial charge in [0.25, 0.3) is 0 Å². The highest BCUT2D eigenvalue weighted by atomic mass is 79.9. The van der Waals surface area contributed by atoms with E-state index in [9.17, 15) is 0 Å². The molecule has 5 heteroatoms. The summed E-state index contributed by atoms with van der Waals surface area (Å²) in [6, 6.07) is 11.6. The van der Waals surface area contributed by atoms with Gasteiger partial charge in [0.2, 0.25) is 0 Å². The maximum atomic E-state index is 5.60. The minimum atomic E-state index is 0.622. The molecule has 0 spiro atoms. The second-order valence-corrected chi connectivity index (χ2v) is 4.61. The van der Waals surface area contributed by atoms with Crippen molar-refractivity contribution in [2.75, 3.05) is 13.2 Å². The lowest BCUT2D eigenvalue weighted by Gasteiger charge is -2.07. The normalized spacial score (nSPS) is 10.3. The molecule has 0 amide bonds. The number of hydrogen-bond donors (Lipinski definition) is 1. The molecular weight excluding hydrogens is 294 g/mol. The molecule has 2 rings (SSSR count). The molecule has 0 saturated heterocycles. The summed E-state index contributed by atoms with van der Waals surface area (Å²) in [5, 5.41) is 11.0. The fraction of sp³-hybridized carbons (Fsp3) is 0.231. The van der Waals surface area contributed by atoms with Gasteiger partial charge in [0, 0.05) is 23.8 Å². The molecule has 0 saturated carbocycles. The van der Waals surface area contributed by atoms with Crippen LogP contribution in [-0.2, 0) is 6.54 Å². The van der Waals surface area contributed by atoms with Crippen LogP contribution in [-0.4, -0.2) is 23.3 Å². The summed E-state index contributed by atoms with van der Waals surface area (Å²) >= 11 is 3.40. The number of hydrogen-bond acceptors (Lipinski definition) is 4. The van der Waals surface area contributed by atoms with E-state index in [1.807, 2.05) is 36.4 Å². The third-order valence-corrected chi connectivity index (χ3v) is 2.77. The summed E-state index contributed by atoms with van der Waals surface area (Å²) in [5.74, 6) is 0.866. The van der Waals surface area contributed by atoms with E-state index in [2.05, 4.69) is 31.4 Å². The summed E-state index contributed by atoms with van der Waals surface area (Å²) in [4.78, 5) is 0. The van der Waals surface area contributed by atoms with E-state index >= 15 is 0 Å². The van der Waals surface area contributed by atoms with Crippen LogP contribution in [0.1, 0.15) is 5.69 Å². The molecule has 1 heterocycles. The second kappa shape index (κ2) is 7.08. The first-order chi connectivity index (χ1) is 8.84. The van der Waals surface area contributed by atoms with Crippen LogP contribution >= 0.6 is 15.9 Å². The van der Waals surface area contributed by atoms with Crippen LogP contribution < -0.4 is 10.1 Å². The molecule has 0 unspecified atom stereocenters. The molecule has 18 heavy (non-hydrogen) atoms. The zero-order chi connectivity index (χ0) is 12.6. The Morgan fingerprint density at radius 3 is 2.94 bits per heavy atom. The van der Waals surface area contributed by atoms with Crippen molar-refractivity contribution in [3.8, 4) is 5.75 Å². The average Bonchev–Trinajstić information content (AvgIpc) is 2.40. The molecule has 1 aromatic heterocycles. The van der Waals surface area contributed by atoms with Gasteiger partial charge in [-0.05, 0) is 30.3 Å². The molecule has 0 aliphatic rings. The average molecular weight is 308 g/mol. The Morgan fingerprint density at radius 2 is 2.17 bits per heavy atom. The smallest absolute Gasteiger partial charge is 0.120 e. The van der Waals surface area contributed by atoms with Gasteiger partial charge >= 0.3 is 0 Å². The largest absolute Gasteiger partial charge is 0.492 e. The highest BCUT2D eigenvalue weighted by Crippen LogP contribution is 2.17. The summed E-state index contributed by atoms with van der Waals surface area (Å²) in [7, 11) is 0. The van der Waals surface area contributed by atoms with Crippen molar-refractivity contribution < 1.29 is 4.74 Å². The van der Waals surface area contributed by atoms with E-state index < -0.39 is 0 Å². The van der Waals surface area contributed by atoms with E-state index in [0.717, 1.165) is 22.5 Å². The van der Waals surface area contributed by atoms with Gasteiger partial charge in [0.05, 0.1) is 5.69 Å². The van der Waals surface area contributed by atoms with Gasteiger partial charge in [-0.1, -0.05) is 22.0 Å². The highest BCUT2D eigenvalue weighted by molar-refractivity contribution is 9.10. The SMILES string of the molecule is Brc1cccc(OCCNCc2cccnn2)c1. The molecule has 4 nitrogen and oxygen atoms in total. The van der Waals surface area contributed by atoms with E-state index in [1.165, 1.54) is 0 Å². The minimum Gasteiger partial charge on any atom is -0.492 e. The van der Waals surface area contributed by atoms with Gasteiger partial charge in [0.1, 0.15) is 12.4 Å². The predicted molar refractivity (Wildman–Crippen MR) is 73.4 cm³/mol. The van der Waals surface area contributed by atoms with Crippen molar-refractivity contribution >= 4 is 15.9 Å². The Kier molecular flexibility index (Phi) is 5.11. The molecule has 0 aliphatic heterocycles. The Morgan fingerprint density at radius 1 is 1.22 bits per heavy atom. The summed E-state index contributed by atoms with van der Waals surface area (Å²) in [5.41, 5.74) is 0.931. The monoisotopic (exact) mass is 307 g/mol. The molecule has 94 valence electrons. The van der Waals surface area contributed by atoms with Crippen LogP contribution in [0, 0.1) is 0 Å². The number of rotatable bonds is 6. The first-order valence-electron chi connectivity index (χ1n) is 5.70. The molecular formula is C13H14BrN3O. The standard InChI is InChI=1S/C13H14BrN3O/c14-11-3-1-5-13(9-11)18-8-7-15-10-12-4-2-6-16-17-12/h1-6,9,15H,7-8,10H2. The van der Waals surface area contributed by atoms with E-state index in [-0.39, 0.29) is 0 Å². The molecule has 1 N–H and O–H groups in total. The molecule has 0 aliphatic carbocycles. The maximum absolute atomic E-state index is 5.60. The van der Waals surface area contributed by atoms with Gasteiger partial charge < -0.3 is 10.1 Å². The van der Waals surface area contributed by atoms with Gasteiger partial charge in [0.15, 0.2) is 0 Å². The number of nitrogens with one attached hydrogen (secondary N) is 1. The number of ether oxygens (including phenoxy) is 1. The number of benzene rings is 1. The van der Waals surface area contributed by atoms with Gasteiger partial charge in [-0.2, -0.15) is 10.2 Å². The summed E-state index contributed by atoms with van der Waals surface area (Å²) in [6.45, 7) is 2.09.